The molecule has 0 N–H and O–H groups in total. The molecule has 0 bridgehead atoms. The van der Waals surface area contributed by atoms with Gasteiger partial charge in [-0.25, -0.2) is 0 Å². The fourth-order valence-corrected chi connectivity index (χ4v) is 2.14. The van der Waals surface area contributed by atoms with Crippen LogP contribution in [0.4, 0.5) is 0 Å². The largest absolute Gasteiger partial charge is 0.491 e. The SMILES string of the molecule is C[C@@H](c1ccccc1)c1ccc(OC[C@H]2CO2)cc1. The fraction of sp³-hybridized carbons (Fsp3) is 0.294. The Bertz CT molecular complexity index is 515. The summed E-state index contributed by atoms with van der Waals surface area (Å²) in [4.78, 5) is 0. The number of hydrogen-bond donors (Lipinski definition) is 0. The van der Waals surface area contributed by atoms with Gasteiger partial charge in [-0.2, -0.15) is 0 Å². The second-order valence-electron chi connectivity index (χ2n) is 4.97. The van der Waals surface area contributed by atoms with E-state index in [-0.39, 0.29) is 0 Å². The summed E-state index contributed by atoms with van der Waals surface area (Å²) in [6.45, 7) is 3.72. The van der Waals surface area contributed by atoms with Crippen LogP contribution in [0.25, 0.3) is 0 Å². The highest BCUT2D eigenvalue weighted by atomic mass is 16.6. The predicted octanol–water partition coefficient (Wildman–Crippen LogP) is 3.62. The Labute approximate surface area is 114 Å². The zero-order chi connectivity index (χ0) is 13.1. The summed E-state index contributed by atoms with van der Waals surface area (Å²) in [5, 5.41) is 0. The molecule has 2 atom stereocenters. The molecular weight excluding hydrogens is 236 g/mol. The van der Waals surface area contributed by atoms with Crippen LogP contribution >= 0.6 is 0 Å². The molecule has 1 saturated heterocycles. The molecule has 19 heavy (non-hydrogen) atoms. The average Bonchev–Trinajstić information content (AvgIpc) is 3.30. The van der Waals surface area contributed by atoms with E-state index in [1.54, 1.807) is 0 Å². The summed E-state index contributed by atoms with van der Waals surface area (Å²) in [6, 6.07) is 18.9. The van der Waals surface area contributed by atoms with Crippen LogP contribution in [0.3, 0.4) is 0 Å². The molecule has 2 heteroatoms. The highest BCUT2D eigenvalue weighted by molar-refractivity contribution is 5.35. The first-order valence-corrected chi connectivity index (χ1v) is 6.72. The van der Waals surface area contributed by atoms with Gasteiger partial charge in [0.15, 0.2) is 0 Å². The van der Waals surface area contributed by atoms with E-state index in [2.05, 4.69) is 43.3 Å². The first-order chi connectivity index (χ1) is 9.33. The van der Waals surface area contributed by atoms with E-state index < -0.39 is 0 Å². The molecule has 0 aliphatic carbocycles. The van der Waals surface area contributed by atoms with Crippen molar-refractivity contribution in [1.82, 2.24) is 0 Å². The summed E-state index contributed by atoms with van der Waals surface area (Å²) >= 11 is 0. The molecule has 0 saturated carbocycles. The molecule has 2 nitrogen and oxygen atoms in total. The maximum absolute atomic E-state index is 5.65. The Morgan fingerprint density at radius 2 is 1.68 bits per heavy atom. The average molecular weight is 254 g/mol. The van der Waals surface area contributed by atoms with Crippen LogP contribution in [0.1, 0.15) is 24.0 Å². The summed E-state index contributed by atoms with van der Waals surface area (Å²) in [6.07, 6.45) is 0.308. The monoisotopic (exact) mass is 254 g/mol. The Morgan fingerprint density at radius 3 is 2.32 bits per heavy atom. The van der Waals surface area contributed by atoms with Crippen molar-refractivity contribution in [2.24, 2.45) is 0 Å². The van der Waals surface area contributed by atoms with Crippen molar-refractivity contribution in [1.29, 1.82) is 0 Å². The molecular formula is C17H18O2. The molecule has 2 aromatic rings. The van der Waals surface area contributed by atoms with Crippen LogP contribution in [0.5, 0.6) is 5.75 Å². The van der Waals surface area contributed by atoms with E-state index in [9.17, 15) is 0 Å². The van der Waals surface area contributed by atoms with Gasteiger partial charge in [0.2, 0.25) is 0 Å². The van der Waals surface area contributed by atoms with E-state index >= 15 is 0 Å². The van der Waals surface area contributed by atoms with E-state index in [1.165, 1.54) is 11.1 Å². The second-order valence-corrected chi connectivity index (χ2v) is 4.97. The lowest BCUT2D eigenvalue weighted by Gasteiger charge is -2.13. The molecule has 0 radical (unpaired) electrons. The van der Waals surface area contributed by atoms with Crippen molar-refractivity contribution in [2.45, 2.75) is 18.9 Å². The van der Waals surface area contributed by atoms with Gasteiger partial charge in [0, 0.05) is 5.92 Å². The van der Waals surface area contributed by atoms with Gasteiger partial charge in [-0.15, -0.1) is 0 Å². The standard InChI is InChI=1S/C17H18O2/c1-13(14-5-3-2-4-6-14)15-7-9-16(10-8-15)18-11-17-12-19-17/h2-10,13,17H,11-12H2,1H3/t13-,17-/m0/s1. The fourth-order valence-electron chi connectivity index (χ4n) is 2.14. The first-order valence-electron chi connectivity index (χ1n) is 6.72. The van der Waals surface area contributed by atoms with Gasteiger partial charge < -0.3 is 9.47 Å². The van der Waals surface area contributed by atoms with Crippen molar-refractivity contribution >= 4 is 0 Å². The molecule has 1 heterocycles. The summed E-state index contributed by atoms with van der Waals surface area (Å²) < 4.78 is 10.8. The Morgan fingerprint density at radius 1 is 1.05 bits per heavy atom. The quantitative estimate of drug-likeness (QED) is 0.760. The number of hydrogen-bond acceptors (Lipinski definition) is 2. The lowest BCUT2D eigenvalue weighted by Crippen LogP contribution is -2.04. The third-order valence-electron chi connectivity index (χ3n) is 3.52. The Kier molecular flexibility index (Phi) is 3.51. The maximum Gasteiger partial charge on any atom is 0.119 e. The predicted molar refractivity (Wildman–Crippen MR) is 75.6 cm³/mol. The van der Waals surface area contributed by atoms with Gasteiger partial charge >= 0.3 is 0 Å². The minimum absolute atomic E-state index is 0.308. The molecule has 3 rings (SSSR count). The normalized spacial score (nSPS) is 18.9. The van der Waals surface area contributed by atoms with Gasteiger partial charge in [0.05, 0.1) is 6.61 Å². The van der Waals surface area contributed by atoms with Gasteiger partial charge in [0.1, 0.15) is 18.5 Å². The zero-order valence-electron chi connectivity index (χ0n) is 11.1. The Hall–Kier alpha value is -1.80. The minimum Gasteiger partial charge on any atom is -0.491 e. The van der Waals surface area contributed by atoms with Crippen molar-refractivity contribution < 1.29 is 9.47 Å². The van der Waals surface area contributed by atoms with Crippen LogP contribution in [-0.2, 0) is 4.74 Å². The van der Waals surface area contributed by atoms with E-state index in [0.29, 0.717) is 18.6 Å². The van der Waals surface area contributed by atoms with Crippen molar-refractivity contribution in [2.75, 3.05) is 13.2 Å². The molecule has 2 aromatic carbocycles. The van der Waals surface area contributed by atoms with Crippen LogP contribution in [0.15, 0.2) is 54.6 Å². The van der Waals surface area contributed by atoms with Gasteiger partial charge in [-0.1, -0.05) is 49.4 Å². The van der Waals surface area contributed by atoms with Gasteiger partial charge in [0.25, 0.3) is 0 Å². The molecule has 1 aliphatic rings. The van der Waals surface area contributed by atoms with Crippen molar-refractivity contribution in [3.63, 3.8) is 0 Å². The van der Waals surface area contributed by atoms with E-state index in [1.807, 2.05) is 18.2 Å². The second kappa shape index (κ2) is 5.45. The molecule has 0 unspecified atom stereocenters. The van der Waals surface area contributed by atoms with Crippen LogP contribution in [-0.4, -0.2) is 19.3 Å². The van der Waals surface area contributed by atoms with Crippen LogP contribution in [0, 0.1) is 0 Å². The van der Waals surface area contributed by atoms with E-state index in [4.69, 9.17) is 9.47 Å². The molecule has 0 spiro atoms. The van der Waals surface area contributed by atoms with Crippen molar-refractivity contribution in [3.05, 3.63) is 65.7 Å². The third-order valence-corrected chi connectivity index (χ3v) is 3.52. The number of ether oxygens (including phenoxy) is 2. The topological polar surface area (TPSA) is 21.8 Å². The number of epoxide rings is 1. The third kappa shape index (κ3) is 3.15. The molecule has 98 valence electrons. The molecule has 1 aliphatic heterocycles. The summed E-state index contributed by atoms with van der Waals surface area (Å²) in [7, 11) is 0. The lowest BCUT2D eigenvalue weighted by molar-refractivity contribution is 0.263. The van der Waals surface area contributed by atoms with Crippen molar-refractivity contribution in [3.8, 4) is 5.75 Å². The summed E-state index contributed by atoms with van der Waals surface area (Å²) in [5.74, 6) is 1.32. The maximum atomic E-state index is 5.65. The Balaban J connectivity index is 1.67. The van der Waals surface area contributed by atoms with Gasteiger partial charge in [-0.3, -0.25) is 0 Å². The van der Waals surface area contributed by atoms with E-state index in [0.717, 1.165) is 12.4 Å². The smallest absolute Gasteiger partial charge is 0.119 e. The number of rotatable bonds is 5. The summed E-state index contributed by atoms with van der Waals surface area (Å²) in [5.41, 5.74) is 2.64. The first kappa shape index (κ1) is 12.2. The number of benzene rings is 2. The molecule has 1 fully saturated rings. The lowest BCUT2D eigenvalue weighted by atomic mass is 9.93. The molecule has 0 amide bonds. The minimum atomic E-state index is 0.308. The molecule has 0 aromatic heterocycles. The van der Waals surface area contributed by atoms with Gasteiger partial charge in [-0.05, 0) is 23.3 Å². The highest BCUT2D eigenvalue weighted by Gasteiger charge is 2.23. The van der Waals surface area contributed by atoms with Crippen LogP contribution < -0.4 is 4.74 Å². The highest BCUT2D eigenvalue weighted by Crippen LogP contribution is 2.25. The zero-order valence-corrected chi connectivity index (χ0v) is 11.1. The van der Waals surface area contributed by atoms with Crippen LogP contribution in [0.2, 0.25) is 0 Å².